The quantitative estimate of drug-likeness (QED) is 0.611. The van der Waals surface area contributed by atoms with Crippen LogP contribution in [0.4, 0.5) is 0 Å². The molecule has 31 heavy (non-hydrogen) atoms. The number of hydrogen-bond acceptors (Lipinski definition) is 6. The van der Waals surface area contributed by atoms with Crippen molar-refractivity contribution in [3.63, 3.8) is 0 Å². The Kier molecular flexibility index (Phi) is 5.34. The molecule has 1 N–H and O–H groups in total. The second kappa shape index (κ2) is 8.43. The number of Topliss-reactive ketones (excluding diaryl/α,β-unsaturated/α-hetero) is 1. The number of ketones is 1. The van der Waals surface area contributed by atoms with E-state index in [0.717, 1.165) is 55.0 Å². The number of likely N-dealkylation sites (tertiary alicyclic amines) is 1. The minimum absolute atomic E-state index is 0.0227. The van der Waals surface area contributed by atoms with Crippen LogP contribution in [0.2, 0.25) is 0 Å². The molecule has 0 saturated carbocycles. The third kappa shape index (κ3) is 4.01. The van der Waals surface area contributed by atoms with Gasteiger partial charge in [-0.1, -0.05) is 0 Å². The van der Waals surface area contributed by atoms with Crippen molar-refractivity contribution >= 4 is 5.78 Å². The van der Waals surface area contributed by atoms with E-state index in [1.54, 1.807) is 7.11 Å². The molecule has 0 spiro atoms. The molecule has 1 atom stereocenters. The van der Waals surface area contributed by atoms with Crippen LogP contribution in [0.15, 0.2) is 48.7 Å². The summed E-state index contributed by atoms with van der Waals surface area (Å²) in [4.78, 5) is 15.5. The van der Waals surface area contributed by atoms with Crippen LogP contribution >= 0.6 is 0 Å². The molecule has 0 aliphatic carbocycles. The largest absolute Gasteiger partial charge is 0.497 e. The smallest absolute Gasteiger partial charge is 0.231 e. The molecule has 3 aromatic rings. The molecular weight excluding hydrogens is 394 g/mol. The predicted octanol–water partition coefficient (Wildman–Crippen LogP) is 3.91. The van der Waals surface area contributed by atoms with Crippen LogP contribution in [0, 0.1) is 5.92 Å². The van der Waals surface area contributed by atoms with Crippen LogP contribution < -0.4 is 14.2 Å². The summed E-state index contributed by atoms with van der Waals surface area (Å²) in [7, 11) is 1.66. The van der Waals surface area contributed by atoms with Crippen molar-refractivity contribution in [2.45, 2.75) is 19.4 Å². The number of piperidine rings is 1. The Labute approximate surface area is 180 Å². The summed E-state index contributed by atoms with van der Waals surface area (Å²) in [5, 5.41) is 7.39. The molecule has 3 heterocycles. The van der Waals surface area contributed by atoms with Crippen LogP contribution in [0.3, 0.4) is 0 Å². The number of hydrogen-bond donors (Lipinski definition) is 1. The van der Waals surface area contributed by atoms with Crippen LogP contribution in [-0.4, -0.2) is 47.9 Å². The van der Waals surface area contributed by atoms with E-state index in [1.165, 1.54) is 0 Å². The first-order valence-corrected chi connectivity index (χ1v) is 10.5. The molecule has 160 valence electrons. The van der Waals surface area contributed by atoms with E-state index in [0.29, 0.717) is 17.1 Å². The molecule has 0 amide bonds. The van der Waals surface area contributed by atoms with Crippen LogP contribution in [0.25, 0.3) is 11.3 Å². The normalized spacial score (nSPS) is 18.2. The summed E-state index contributed by atoms with van der Waals surface area (Å²) in [6, 6.07) is 13.4. The van der Waals surface area contributed by atoms with Gasteiger partial charge in [-0.15, -0.1) is 0 Å². The fourth-order valence-electron chi connectivity index (χ4n) is 4.38. The van der Waals surface area contributed by atoms with Gasteiger partial charge in [-0.3, -0.25) is 14.8 Å². The molecule has 0 unspecified atom stereocenters. The number of nitrogens with one attached hydrogen (secondary N) is 1. The number of benzene rings is 2. The summed E-state index contributed by atoms with van der Waals surface area (Å²) in [5.41, 5.74) is 3.89. The van der Waals surface area contributed by atoms with Gasteiger partial charge in [0.25, 0.3) is 0 Å². The third-order valence-corrected chi connectivity index (χ3v) is 6.02. The summed E-state index contributed by atoms with van der Waals surface area (Å²) in [6.45, 7) is 2.67. The van der Waals surface area contributed by atoms with Gasteiger partial charge in [0.05, 0.1) is 19.0 Å². The zero-order valence-corrected chi connectivity index (χ0v) is 17.5. The number of carbonyl (C=O) groups excluding carboxylic acids is 1. The van der Waals surface area contributed by atoms with Crippen LogP contribution in [-0.2, 0) is 6.54 Å². The average Bonchev–Trinajstić information content (AvgIpc) is 3.48. The molecule has 7 nitrogen and oxygen atoms in total. The average molecular weight is 419 g/mol. The first-order chi connectivity index (χ1) is 15.2. The number of carbonyl (C=O) groups is 1. The van der Waals surface area contributed by atoms with E-state index >= 15 is 0 Å². The second-order valence-electron chi connectivity index (χ2n) is 8.01. The van der Waals surface area contributed by atoms with E-state index in [-0.39, 0.29) is 18.5 Å². The van der Waals surface area contributed by atoms with Gasteiger partial charge >= 0.3 is 0 Å². The van der Waals surface area contributed by atoms with Crippen LogP contribution in [0.5, 0.6) is 17.2 Å². The molecule has 2 aliphatic heterocycles. The molecule has 2 aromatic carbocycles. The first kappa shape index (κ1) is 19.6. The zero-order chi connectivity index (χ0) is 21.2. The first-order valence-electron chi connectivity index (χ1n) is 10.5. The number of methoxy groups -OCH3 is 1. The van der Waals surface area contributed by atoms with Crippen LogP contribution in [0.1, 0.15) is 28.8 Å². The van der Waals surface area contributed by atoms with Gasteiger partial charge in [-0.25, -0.2) is 0 Å². The molecule has 0 bridgehead atoms. The number of nitrogens with zero attached hydrogens (tertiary/aromatic N) is 2. The fraction of sp³-hybridized carbons (Fsp3) is 0.333. The van der Waals surface area contributed by atoms with Crippen molar-refractivity contribution in [3.8, 4) is 28.5 Å². The number of aromatic nitrogens is 2. The molecule has 0 radical (unpaired) electrons. The van der Waals surface area contributed by atoms with Crippen molar-refractivity contribution in [2.75, 3.05) is 27.0 Å². The van der Waals surface area contributed by atoms with E-state index in [4.69, 9.17) is 14.2 Å². The predicted molar refractivity (Wildman–Crippen MR) is 115 cm³/mol. The topological polar surface area (TPSA) is 76.7 Å². The van der Waals surface area contributed by atoms with Crippen molar-refractivity contribution in [3.05, 3.63) is 59.8 Å². The molecule has 1 saturated heterocycles. The lowest BCUT2D eigenvalue weighted by Gasteiger charge is -2.32. The van der Waals surface area contributed by atoms with Gasteiger partial charge in [0.1, 0.15) is 5.75 Å². The van der Waals surface area contributed by atoms with E-state index in [9.17, 15) is 4.79 Å². The second-order valence-corrected chi connectivity index (χ2v) is 8.01. The minimum Gasteiger partial charge on any atom is -0.497 e. The maximum absolute atomic E-state index is 13.1. The third-order valence-electron chi connectivity index (χ3n) is 6.02. The Morgan fingerprint density at radius 2 is 2.03 bits per heavy atom. The lowest BCUT2D eigenvalue weighted by atomic mass is 9.89. The monoisotopic (exact) mass is 419 g/mol. The highest BCUT2D eigenvalue weighted by Crippen LogP contribution is 2.34. The van der Waals surface area contributed by atoms with E-state index in [2.05, 4.69) is 15.1 Å². The number of H-pyrrole nitrogens is 1. The summed E-state index contributed by atoms with van der Waals surface area (Å²) in [5.74, 6) is 2.33. The van der Waals surface area contributed by atoms with Gasteiger partial charge in [0.15, 0.2) is 17.3 Å². The van der Waals surface area contributed by atoms with Gasteiger partial charge in [-0.2, -0.15) is 5.10 Å². The fourth-order valence-corrected chi connectivity index (χ4v) is 4.38. The van der Waals surface area contributed by atoms with Crippen molar-refractivity contribution in [1.82, 2.24) is 15.1 Å². The Hall–Kier alpha value is -3.32. The summed E-state index contributed by atoms with van der Waals surface area (Å²) in [6.07, 6.45) is 3.78. The number of rotatable bonds is 6. The maximum Gasteiger partial charge on any atom is 0.231 e. The highest BCUT2D eigenvalue weighted by atomic mass is 16.7. The molecule has 1 aromatic heterocycles. The van der Waals surface area contributed by atoms with Gasteiger partial charge in [0.2, 0.25) is 6.79 Å². The van der Waals surface area contributed by atoms with Gasteiger partial charge < -0.3 is 14.2 Å². The maximum atomic E-state index is 13.1. The number of fused-ring (bicyclic) bond motifs is 1. The Morgan fingerprint density at radius 1 is 1.19 bits per heavy atom. The zero-order valence-electron chi connectivity index (χ0n) is 17.5. The summed E-state index contributed by atoms with van der Waals surface area (Å²) >= 11 is 0. The summed E-state index contributed by atoms with van der Waals surface area (Å²) < 4.78 is 16.0. The highest BCUT2D eigenvalue weighted by molar-refractivity contribution is 5.98. The Balaban J connectivity index is 1.28. The molecule has 5 rings (SSSR count). The number of ether oxygens (including phenoxy) is 3. The Bertz CT molecular complexity index is 1080. The van der Waals surface area contributed by atoms with Crippen molar-refractivity contribution in [2.24, 2.45) is 5.92 Å². The van der Waals surface area contributed by atoms with Gasteiger partial charge in [0, 0.05) is 35.7 Å². The number of aromatic amines is 1. The molecular formula is C24H25N3O4. The molecule has 7 heteroatoms. The standard InChI is InChI=1S/C24H25N3O4/c1-29-20-7-4-16(5-8-20)23-19(12-25-26-23)14-27-10-2-3-18(13-27)24(28)17-6-9-21-22(11-17)31-15-30-21/h4-9,11-12,18H,2-3,10,13-15H2,1H3,(H,25,26)/t18-/m1/s1. The van der Waals surface area contributed by atoms with E-state index in [1.807, 2.05) is 48.7 Å². The lowest BCUT2D eigenvalue weighted by Crippen LogP contribution is -2.38. The Morgan fingerprint density at radius 3 is 2.87 bits per heavy atom. The van der Waals surface area contributed by atoms with E-state index < -0.39 is 0 Å². The lowest BCUT2D eigenvalue weighted by molar-refractivity contribution is 0.0811. The molecule has 2 aliphatic rings. The van der Waals surface area contributed by atoms with Gasteiger partial charge in [-0.05, 0) is 61.9 Å². The van der Waals surface area contributed by atoms with Crippen molar-refractivity contribution in [1.29, 1.82) is 0 Å². The SMILES string of the molecule is COc1ccc(-c2[nH]ncc2CN2CCC[C@@H](C(=O)c3ccc4c(c3)OCO4)C2)cc1. The highest BCUT2D eigenvalue weighted by Gasteiger charge is 2.28. The van der Waals surface area contributed by atoms with Crippen molar-refractivity contribution < 1.29 is 19.0 Å². The minimum atomic E-state index is -0.0227. The molecule has 1 fully saturated rings.